The SMILES string of the molecule is CCNC(=O)C[C@H]1CN(C2CCC(c3cc(C)n(C)n3)CC2)[C@@H](Cc2ccc(Cl)cc2)CO1. The number of rotatable bonds is 7. The van der Waals surface area contributed by atoms with Gasteiger partial charge in [0.2, 0.25) is 5.91 Å². The summed E-state index contributed by atoms with van der Waals surface area (Å²) in [5.41, 5.74) is 3.73. The Morgan fingerprint density at radius 3 is 2.58 bits per heavy atom. The summed E-state index contributed by atoms with van der Waals surface area (Å²) in [4.78, 5) is 14.8. The molecule has 2 aromatic rings. The Morgan fingerprint density at radius 1 is 1.21 bits per heavy atom. The van der Waals surface area contributed by atoms with E-state index in [1.54, 1.807) is 0 Å². The van der Waals surface area contributed by atoms with Crippen molar-refractivity contribution in [2.75, 3.05) is 19.7 Å². The van der Waals surface area contributed by atoms with Gasteiger partial charge in [0.05, 0.1) is 24.8 Å². The van der Waals surface area contributed by atoms with E-state index in [2.05, 4.69) is 35.3 Å². The summed E-state index contributed by atoms with van der Waals surface area (Å²) in [5, 5.41) is 8.42. The number of nitrogens with one attached hydrogen (secondary N) is 1. The lowest BCUT2D eigenvalue weighted by molar-refractivity contribution is -0.129. The van der Waals surface area contributed by atoms with Crippen LogP contribution in [0.25, 0.3) is 0 Å². The van der Waals surface area contributed by atoms with Gasteiger partial charge >= 0.3 is 0 Å². The monoisotopic (exact) mass is 472 g/mol. The average molecular weight is 473 g/mol. The fourth-order valence-corrected chi connectivity index (χ4v) is 5.51. The van der Waals surface area contributed by atoms with Crippen molar-refractivity contribution in [3.63, 3.8) is 0 Å². The van der Waals surface area contributed by atoms with Crippen LogP contribution in [-0.2, 0) is 23.0 Å². The molecule has 1 N–H and O–H groups in total. The summed E-state index contributed by atoms with van der Waals surface area (Å²) in [6.45, 7) is 6.20. The van der Waals surface area contributed by atoms with Crippen LogP contribution in [0, 0.1) is 6.92 Å². The maximum Gasteiger partial charge on any atom is 0.222 e. The highest BCUT2D eigenvalue weighted by atomic mass is 35.5. The van der Waals surface area contributed by atoms with Crippen LogP contribution in [0.1, 0.15) is 61.9 Å². The van der Waals surface area contributed by atoms with E-state index in [4.69, 9.17) is 21.4 Å². The van der Waals surface area contributed by atoms with Gasteiger partial charge in [-0.05, 0) is 69.7 Å². The normalized spacial score (nSPS) is 26.3. The van der Waals surface area contributed by atoms with Crippen LogP contribution in [0.5, 0.6) is 0 Å². The van der Waals surface area contributed by atoms with Gasteiger partial charge in [-0.2, -0.15) is 5.10 Å². The maximum atomic E-state index is 12.2. The Bertz CT molecular complexity index is 901. The molecule has 1 aromatic carbocycles. The smallest absolute Gasteiger partial charge is 0.222 e. The fraction of sp³-hybridized carbons (Fsp3) is 0.615. The van der Waals surface area contributed by atoms with E-state index in [1.807, 2.05) is 30.8 Å². The molecule has 0 spiro atoms. The summed E-state index contributed by atoms with van der Waals surface area (Å²) in [6, 6.07) is 11.2. The van der Waals surface area contributed by atoms with Gasteiger partial charge in [-0.25, -0.2) is 0 Å². The fourth-order valence-electron chi connectivity index (χ4n) is 5.39. The Balaban J connectivity index is 1.43. The highest BCUT2D eigenvalue weighted by molar-refractivity contribution is 6.30. The predicted octanol–water partition coefficient (Wildman–Crippen LogP) is 4.25. The molecule has 1 saturated heterocycles. The average Bonchev–Trinajstić information content (AvgIpc) is 3.15. The van der Waals surface area contributed by atoms with Gasteiger partial charge < -0.3 is 10.1 Å². The number of hydrogen-bond donors (Lipinski definition) is 1. The molecule has 1 saturated carbocycles. The van der Waals surface area contributed by atoms with E-state index in [1.165, 1.54) is 17.0 Å². The molecule has 1 aliphatic carbocycles. The van der Waals surface area contributed by atoms with Gasteiger partial charge in [0, 0.05) is 48.9 Å². The van der Waals surface area contributed by atoms with Crippen LogP contribution in [0.2, 0.25) is 5.02 Å². The Labute approximate surface area is 202 Å². The Morgan fingerprint density at radius 2 is 1.94 bits per heavy atom. The zero-order valence-corrected chi connectivity index (χ0v) is 20.9. The molecular formula is C26H37ClN4O2. The molecule has 2 aliphatic rings. The molecule has 2 fully saturated rings. The minimum absolute atomic E-state index is 0.0471. The number of amides is 1. The lowest BCUT2D eigenvalue weighted by Gasteiger charge is -2.46. The van der Waals surface area contributed by atoms with Crippen LogP contribution >= 0.6 is 11.6 Å². The van der Waals surface area contributed by atoms with E-state index >= 15 is 0 Å². The summed E-state index contributed by atoms with van der Waals surface area (Å²) in [7, 11) is 2.02. The largest absolute Gasteiger partial charge is 0.375 e. The third kappa shape index (κ3) is 6.17. The van der Waals surface area contributed by atoms with Crippen LogP contribution < -0.4 is 5.32 Å². The summed E-state index contributed by atoms with van der Waals surface area (Å²) >= 11 is 6.09. The van der Waals surface area contributed by atoms with E-state index in [-0.39, 0.29) is 12.0 Å². The first kappa shape index (κ1) is 24.2. The third-order valence-electron chi connectivity index (χ3n) is 7.30. The number of aryl methyl sites for hydroxylation is 2. The highest BCUT2D eigenvalue weighted by Gasteiger charge is 2.36. The van der Waals surface area contributed by atoms with Crippen molar-refractivity contribution in [2.24, 2.45) is 7.05 Å². The number of aromatic nitrogens is 2. The van der Waals surface area contributed by atoms with Crippen molar-refractivity contribution < 1.29 is 9.53 Å². The van der Waals surface area contributed by atoms with Crippen LogP contribution in [-0.4, -0.2) is 58.5 Å². The second-order valence-corrected chi connectivity index (χ2v) is 10.1. The quantitative estimate of drug-likeness (QED) is 0.654. The van der Waals surface area contributed by atoms with Crippen molar-refractivity contribution in [1.82, 2.24) is 20.0 Å². The number of nitrogens with zero attached hydrogens (tertiary/aromatic N) is 3. The van der Waals surface area contributed by atoms with Gasteiger partial charge in [0.15, 0.2) is 0 Å². The van der Waals surface area contributed by atoms with Crippen molar-refractivity contribution in [2.45, 2.75) is 76.5 Å². The maximum absolute atomic E-state index is 12.2. The van der Waals surface area contributed by atoms with E-state index in [0.29, 0.717) is 37.6 Å². The van der Waals surface area contributed by atoms with E-state index in [9.17, 15) is 4.79 Å². The molecule has 2 atom stereocenters. The highest BCUT2D eigenvalue weighted by Crippen LogP contribution is 2.36. The Hall–Kier alpha value is -1.89. The number of ether oxygens (including phenoxy) is 1. The van der Waals surface area contributed by atoms with Gasteiger partial charge in [0.25, 0.3) is 0 Å². The van der Waals surface area contributed by atoms with Crippen molar-refractivity contribution >= 4 is 17.5 Å². The predicted molar refractivity (Wildman–Crippen MR) is 132 cm³/mol. The molecule has 7 heteroatoms. The van der Waals surface area contributed by atoms with Gasteiger partial charge in [-0.15, -0.1) is 0 Å². The Kier molecular flexibility index (Phi) is 8.10. The van der Waals surface area contributed by atoms with E-state index in [0.717, 1.165) is 43.7 Å². The molecule has 0 unspecified atom stereocenters. The number of hydrogen-bond acceptors (Lipinski definition) is 4. The van der Waals surface area contributed by atoms with E-state index < -0.39 is 0 Å². The molecule has 2 heterocycles. The van der Waals surface area contributed by atoms with Crippen molar-refractivity contribution in [1.29, 1.82) is 0 Å². The number of halogens is 1. The number of morpholine rings is 1. The molecular weight excluding hydrogens is 436 g/mol. The zero-order chi connectivity index (χ0) is 23.4. The number of carbonyl (C=O) groups is 1. The number of carbonyl (C=O) groups excluding carboxylic acids is 1. The molecule has 1 amide bonds. The van der Waals surface area contributed by atoms with Crippen molar-refractivity contribution in [3.05, 3.63) is 52.3 Å². The van der Waals surface area contributed by atoms with Crippen LogP contribution in [0.3, 0.4) is 0 Å². The lowest BCUT2D eigenvalue weighted by atomic mass is 9.82. The van der Waals surface area contributed by atoms with Gasteiger partial charge in [-0.1, -0.05) is 23.7 Å². The van der Waals surface area contributed by atoms with Crippen LogP contribution in [0.4, 0.5) is 0 Å². The minimum Gasteiger partial charge on any atom is -0.375 e. The molecule has 4 rings (SSSR count). The molecule has 6 nitrogen and oxygen atoms in total. The van der Waals surface area contributed by atoms with Gasteiger partial charge in [0.1, 0.15) is 0 Å². The minimum atomic E-state index is -0.0471. The summed E-state index contributed by atoms with van der Waals surface area (Å²) < 4.78 is 8.17. The summed E-state index contributed by atoms with van der Waals surface area (Å²) in [5.74, 6) is 0.621. The van der Waals surface area contributed by atoms with Crippen molar-refractivity contribution in [3.8, 4) is 0 Å². The zero-order valence-electron chi connectivity index (χ0n) is 20.1. The molecule has 0 radical (unpaired) electrons. The second-order valence-electron chi connectivity index (χ2n) is 9.63. The van der Waals surface area contributed by atoms with Gasteiger partial charge in [-0.3, -0.25) is 14.4 Å². The molecule has 1 aromatic heterocycles. The first-order valence-electron chi connectivity index (χ1n) is 12.3. The number of benzene rings is 1. The lowest BCUT2D eigenvalue weighted by Crippen LogP contribution is -2.56. The molecule has 0 bridgehead atoms. The molecule has 1 aliphatic heterocycles. The first-order valence-corrected chi connectivity index (χ1v) is 12.7. The standard InChI is InChI=1S/C26H37ClN4O2/c1-4-28-26(32)15-24-16-31(23(17-33-24)14-19-5-9-21(27)10-6-19)22-11-7-20(8-12-22)25-13-18(2)30(3)29-25/h5-6,9-10,13,20,22-24H,4,7-8,11-12,14-17H2,1-3H3,(H,28,32)/t20?,22?,23-,24-/m0/s1. The topological polar surface area (TPSA) is 59.4 Å². The molecule has 33 heavy (non-hydrogen) atoms. The third-order valence-corrected chi connectivity index (χ3v) is 7.55. The summed E-state index contributed by atoms with van der Waals surface area (Å²) in [6.07, 6.45) is 5.95. The molecule has 180 valence electrons. The second kappa shape index (κ2) is 11.0. The van der Waals surface area contributed by atoms with Crippen LogP contribution in [0.15, 0.2) is 30.3 Å². The first-order chi connectivity index (χ1) is 15.9.